The Morgan fingerprint density at radius 2 is 1.93 bits per heavy atom. The second kappa shape index (κ2) is 5.29. The lowest BCUT2D eigenvalue weighted by Crippen LogP contribution is -2.36. The Morgan fingerprint density at radius 3 is 2.40 bits per heavy atom. The van der Waals surface area contributed by atoms with Crippen molar-refractivity contribution in [1.29, 1.82) is 0 Å². The van der Waals surface area contributed by atoms with Gasteiger partial charge in [-0.25, -0.2) is 0 Å². The third-order valence-corrected chi connectivity index (χ3v) is 2.94. The van der Waals surface area contributed by atoms with Gasteiger partial charge in [0, 0.05) is 10.6 Å². The van der Waals surface area contributed by atoms with Crippen LogP contribution in [0.4, 0.5) is 0 Å². The molecule has 82 valence electrons. The van der Waals surface area contributed by atoms with Crippen LogP contribution in [0.1, 0.15) is 30.6 Å². The standard InChI is InChI=1S/C12H16ClNO/c1-3-8(2)11(14)12(15)9-4-6-10(13)7-5-9/h4-8,11H,3,14H2,1-2H3. The first-order valence-corrected chi connectivity index (χ1v) is 5.49. The maximum absolute atomic E-state index is 11.9. The maximum atomic E-state index is 11.9. The van der Waals surface area contributed by atoms with E-state index in [4.69, 9.17) is 17.3 Å². The highest BCUT2D eigenvalue weighted by Crippen LogP contribution is 2.14. The van der Waals surface area contributed by atoms with Gasteiger partial charge in [-0.3, -0.25) is 4.79 Å². The molecule has 3 heteroatoms. The molecule has 2 nitrogen and oxygen atoms in total. The van der Waals surface area contributed by atoms with E-state index < -0.39 is 6.04 Å². The van der Waals surface area contributed by atoms with E-state index in [9.17, 15) is 4.79 Å². The molecule has 0 amide bonds. The van der Waals surface area contributed by atoms with Crippen LogP contribution in [0.5, 0.6) is 0 Å². The number of rotatable bonds is 4. The zero-order valence-corrected chi connectivity index (χ0v) is 9.79. The van der Waals surface area contributed by atoms with Gasteiger partial charge in [0.25, 0.3) is 0 Å². The fourth-order valence-electron chi connectivity index (χ4n) is 1.32. The lowest BCUT2D eigenvalue weighted by Gasteiger charge is -2.16. The SMILES string of the molecule is CCC(C)C(N)C(=O)c1ccc(Cl)cc1. The second-order valence-corrected chi connectivity index (χ2v) is 4.22. The van der Waals surface area contributed by atoms with Crippen molar-refractivity contribution in [2.75, 3.05) is 0 Å². The minimum atomic E-state index is -0.420. The van der Waals surface area contributed by atoms with Crippen LogP contribution in [0.2, 0.25) is 5.02 Å². The van der Waals surface area contributed by atoms with Crippen LogP contribution in [0, 0.1) is 5.92 Å². The Balaban J connectivity index is 2.80. The molecule has 0 bridgehead atoms. The van der Waals surface area contributed by atoms with E-state index >= 15 is 0 Å². The second-order valence-electron chi connectivity index (χ2n) is 3.78. The topological polar surface area (TPSA) is 43.1 Å². The highest BCUT2D eigenvalue weighted by molar-refractivity contribution is 6.30. The Hall–Kier alpha value is -0.860. The maximum Gasteiger partial charge on any atom is 0.179 e. The molecule has 0 aromatic heterocycles. The summed E-state index contributed by atoms with van der Waals surface area (Å²) in [4.78, 5) is 11.9. The smallest absolute Gasteiger partial charge is 0.179 e. The normalized spacial score (nSPS) is 14.7. The molecule has 15 heavy (non-hydrogen) atoms. The number of carbonyl (C=O) groups excluding carboxylic acids is 1. The van der Waals surface area contributed by atoms with Gasteiger partial charge in [0.05, 0.1) is 6.04 Å². The summed E-state index contributed by atoms with van der Waals surface area (Å²) in [5.74, 6) is 0.189. The Kier molecular flexibility index (Phi) is 4.30. The van der Waals surface area contributed by atoms with Crippen LogP contribution in [0.15, 0.2) is 24.3 Å². The molecular formula is C12H16ClNO. The molecule has 0 radical (unpaired) electrons. The summed E-state index contributed by atoms with van der Waals surface area (Å²) in [6, 6.07) is 6.42. The van der Waals surface area contributed by atoms with E-state index in [1.807, 2.05) is 13.8 Å². The first-order valence-electron chi connectivity index (χ1n) is 5.11. The van der Waals surface area contributed by atoms with E-state index in [1.165, 1.54) is 0 Å². The molecule has 0 saturated carbocycles. The molecule has 1 aromatic rings. The van der Waals surface area contributed by atoms with E-state index in [0.717, 1.165) is 6.42 Å². The lowest BCUT2D eigenvalue weighted by molar-refractivity contribution is 0.0935. The highest BCUT2D eigenvalue weighted by Gasteiger charge is 2.20. The molecule has 2 unspecified atom stereocenters. The minimum Gasteiger partial charge on any atom is -0.321 e. The van der Waals surface area contributed by atoms with Gasteiger partial charge in [-0.2, -0.15) is 0 Å². The summed E-state index contributed by atoms with van der Waals surface area (Å²) in [5, 5.41) is 0.628. The van der Waals surface area contributed by atoms with Crippen LogP contribution in [0.3, 0.4) is 0 Å². The summed E-state index contributed by atoms with van der Waals surface area (Å²) in [6.07, 6.45) is 0.903. The third kappa shape index (κ3) is 3.05. The van der Waals surface area contributed by atoms with Gasteiger partial charge in [-0.05, 0) is 30.2 Å². The number of benzene rings is 1. The minimum absolute atomic E-state index is 0.0129. The fourth-order valence-corrected chi connectivity index (χ4v) is 1.44. The number of ketones is 1. The van der Waals surface area contributed by atoms with Crippen molar-refractivity contribution in [3.05, 3.63) is 34.9 Å². The monoisotopic (exact) mass is 225 g/mol. The zero-order valence-electron chi connectivity index (χ0n) is 9.03. The zero-order chi connectivity index (χ0) is 11.4. The molecule has 2 N–H and O–H groups in total. The van der Waals surface area contributed by atoms with Gasteiger partial charge in [-0.15, -0.1) is 0 Å². The average Bonchev–Trinajstić information content (AvgIpc) is 2.27. The Morgan fingerprint density at radius 1 is 1.40 bits per heavy atom. The summed E-state index contributed by atoms with van der Waals surface area (Å²) in [6.45, 7) is 4.01. The summed E-state index contributed by atoms with van der Waals surface area (Å²) < 4.78 is 0. The fraction of sp³-hybridized carbons (Fsp3) is 0.417. The molecule has 1 aromatic carbocycles. The first kappa shape index (κ1) is 12.2. The highest BCUT2D eigenvalue weighted by atomic mass is 35.5. The Labute approximate surface area is 95.4 Å². The summed E-state index contributed by atoms with van der Waals surface area (Å²) in [5.41, 5.74) is 6.49. The van der Waals surface area contributed by atoms with Crippen LogP contribution >= 0.6 is 11.6 Å². The molecule has 0 heterocycles. The summed E-state index contributed by atoms with van der Waals surface area (Å²) in [7, 11) is 0. The van der Waals surface area contributed by atoms with Gasteiger partial charge in [0.15, 0.2) is 5.78 Å². The van der Waals surface area contributed by atoms with E-state index in [2.05, 4.69) is 0 Å². The van der Waals surface area contributed by atoms with Gasteiger partial charge in [-0.1, -0.05) is 31.9 Å². The molecule has 0 fully saturated rings. The number of hydrogen-bond acceptors (Lipinski definition) is 2. The molecule has 0 saturated heterocycles. The first-order chi connectivity index (χ1) is 7.06. The molecule has 2 atom stereocenters. The molecule has 0 spiro atoms. The van der Waals surface area contributed by atoms with E-state index in [1.54, 1.807) is 24.3 Å². The van der Waals surface area contributed by atoms with Crippen molar-refractivity contribution < 1.29 is 4.79 Å². The van der Waals surface area contributed by atoms with Gasteiger partial charge >= 0.3 is 0 Å². The molecule has 0 aliphatic rings. The Bertz CT molecular complexity index is 334. The van der Waals surface area contributed by atoms with Gasteiger partial charge < -0.3 is 5.73 Å². The van der Waals surface area contributed by atoms with Crippen molar-refractivity contribution in [2.45, 2.75) is 26.3 Å². The molecule has 0 aliphatic heterocycles. The number of hydrogen-bond donors (Lipinski definition) is 1. The molecule has 0 aliphatic carbocycles. The van der Waals surface area contributed by atoms with Crippen LogP contribution in [-0.2, 0) is 0 Å². The predicted molar refractivity (Wildman–Crippen MR) is 63.2 cm³/mol. The predicted octanol–water partition coefficient (Wildman–Crippen LogP) is 2.90. The van der Waals surface area contributed by atoms with Crippen molar-refractivity contribution in [2.24, 2.45) is 11.7 Å². The number of carbonyl (C=O) groups is 1. The third-order valence-electron chi connectivity index (χ3n) is 2.69. The quantitative estimate of drug-likeness (QED) is 0.801. The van der Waals surface area contributed by atoms with Crippen molar-refractivity contribution in [3.8, 4) is 0 Å². The van der Waals surface area contributed by atoms with Crippen LogP contribution in [-0.4, -0.2) is 11.8 Å². The number of Topliss-reactive ketones (excluding diaryl/α,β-unsaturated/α-hetero) is 1. The average molecular weight is 226 g/mol. The van der Waals surface area contributed by atoms with Crippen LogP contribution < -0.4 is 5.73 Å². The summed E-state index contributed by atoms with van der Waals surface area (Å²) >= 11 is 5.74. The lowest BCUT2D eigenvalue weighted by atomic mass is 9.93. The van der Waals surface area contributed by atoms with Gasteiger partial charge in [0.1, 0.15) is 0 Å². The van der Waals surface area contributed by atoms with Crippen LogP contribution in [0.25, 0.3) is 0 Å². The van der Waals surface area contributed by atoms with E-state index in [-0.39, 0.29) is 11.7 Å². The van der Waals surface area contributed by atoms with Gasteiger partial charge in [0.2, 0.25) is 0 Å². The van der Waals surface area contributed by atoms with Crippen molar-refractivity contribution >= 4 is 17.4 Å². The molecule has 1 rings (SSSR count). The van der Waals surface area contributed by atoms with Crippen molar-refractivity contribution in [3.63, 3.8) is 0 Å². The van der Waals surface area contributed by atoms with E-state index in [0.29, 0.717) is 10.6 Å². The number of halogens is 1. The largest absolute Gasteiger partial charge is 0.321 e. The molecular weight excluding hydrogens is 210 g/mol. The number of nitrogens with two attached hydrogens (primary N) is 1. The van der Waals surface area contributed by atoms with Crippen molar-refractivity contribution in [1.82, 2.24) is 0 Å².